The zero-order chi connectivity index (χ0) is 26.3. The number of nitrogens with zero attached hydrogens (tertiary/aromatic N) is 4. The van der Waals surface area contributed by atoms with Crippen molar-refractivity contribution in [3.8, 4) is 0 Å². The van der Waals surface area contributed by atoms with Crippen molar-refractivity contribution in [2.24, 2.45) is 17.3 Å². The van der Waals surface area contributed by atoms with Crippen LogP contribution in [0.5, 0.6) is 0 Å². The number of benzene rings is 1. The van der Waals surface area contributed by atoms with Gasteiger partial charge in [0, 0.05) is 30.7 Å². The molecule has 1 aromatic heterocycles. The van der Waals surface area contributed by atoms with Crippen LogP contribution in [-0.4, -0.2) is 58.2 Å². The van der Waals surface area contributed by atoms with Crippen LogP contribution in [-0.2, 0) is 4.79 Å². The number of aryl methyl sites for hydroxylation is 1. The molecule has 3 heterocycles. The van der Waals surface area contributed by atoms with Crippen molar-refractivity contribution in [3.05, 3.63) is 45.6 Å². The lowest BCUT2D eigenvalue weighted by Crippen LogP contribution is -2.55. The number of aliphatic carboxylic acids is 1. The first kappa shape index (κ1) is 26.5. The van der Waals surface area contributed by atoms with E-state index in [-0.39, 0.29) is 6.04 Å². The zero-order valence-electron chi connectivity index (χ0n) is 21.9. The number of hydrogen-bond acceptors (Lipinski definition) is 6. The molecule has 3 fully saturated rings. The van der Waals surface area contributed by atoms with Gasteiger partial charge in [0.2, 0.25) is 5.95 Å². The van der Waals surface area contributed by atoms with Crippen molar-refractivity contribution in [1.29, 1.82) is 0 Å². The maximum absolute atomic E-state index is 11.5. The Morgan fingerprint density at radius 3 is 2.65 bits per heavy atom. The number of hydrogen-bond donors (Lipinski definition) is 2. The smallest absolute Gasteiger partial charge is 0.309 e. The summed E-state index contributed by atoms with van der Waals surface area (Å²) in [7, 11) is 0. The van der Waals surface area contributed by atoms with Gasteiger partial charge in [0.05, 0.1) is 17.7 Å². The van der Waals surface area contributed by atoms with Crippen LogP contribution in [0.2, 0.25) is 10.0 Å². The van der Waals surface area contributed by atoms with Gasteiger partial charge >= 0.3 is 5.97 Å². The van der Waals surface area contributed by atoms with Crippen LogP contribution in [0.25, 0.3) is 0 Å². The first-order valence-corrected chi connectivity index (χ1v) is 14.2. The second kappa shape index (κ2) is 10.6. The molecule has 3 unspecified atom stereocenters. The van der Waals surface area contributed by atoms with E-state index in [1.807, 2.05) is 26.0 Å². The predicted octanol–water partition coefficient (Wildman–Crippen LogP) is 6.06. The quantitative estimate of drug-likeness (QED) is 0.437. The number of anilines is 2. The van der Waals surface area contributed by atoms with Crippen molar-refractivity contribution < 1.29 is 9.90 Å². The largest absolute Gasteiger partial charge is 0.481 e. The average molecular weight is 547 g/mol. The number of piperidine rings is 1. The lowest BCUT2D eigenvalue weighted by atomic mass is 9.65. The van der Waals surface area contributed by atoms with E-state index >= 15 is 0 Å². The van der Waals surface area contributed by atoms with Crippen molar-refractivity contribution in [1.82, 2.24) is 14.9 Å². The van der Waals surface area contributed by atoms with E-state index < -0.39 is 11.4 Å². The van der Waals surface area contributed by atoms with Crippen molar-refractivity contribution in [2.75, 3.05) is 36.4 Å². The number of likely N-dealkylation sites (tertiary alicyclic amines) is 1. The molecule has 2 aromatic rings. The second-order valence-electron chi connectivity index (χ2n) is 11.6. The monoisotopic (exact) mass is 545 g/mol. The normalized spacial score (nSPS) is 29.1. The first-order valence-electron chi connectivity index (χ1n) is 13.4. The fourth-order valence-corrected chi connectivity index (χ4v) is 6.95. The van der Waals surface area contributed by atoms with E-state index in [1.54, 1.807) is 6.20 Å². The number of carbonyl (C=O) groups is 1. The molecule has 2 aliphatic heterocycles. The molecule has 2 saturated heterocycles. The maximum Gasteiger partial charge on any atom is 0.309 e. The number of rotatable bonds is 7. The van der Waals surface area contributed by atoms with E-state index in [1.165, 1.54) is 12.8 Å². The molecule has 37 heavy (non-hydrogen) atoms. The molecule has 3 aliphatic rings. The van der Waals surface area contributed by atoms with Crippen LogP contribution >= 0.6 is 23.2 Å². The van der Waals surface area contributed by atoms with Gasteiger partial charge in [0.25, 0.3) is 0 Å². The van der Waals surface area contributed by atoms with Crippen molar-refractivity contribution in [2.45, 2.75) is 65.0 Å². The molecule has 1 saturated carbocycles. The highest BCUT2D eigenvalue weighted by Gasteiger charge is 2.49. The van der Waals surface area contributed by atoms with Gasteiger partial charge in [-0.05, 0) is 88.4 Å². The minimum Gasteiger partial charge on any atom is -0.481 e. The highest BCUT2D eigenvalue weighted by Crippen LogP contribution is 2.45. The van der Waals surface area contributed by atoms with E-state index in [0.29, 0.717) is 34.7 Å². The van der Waals surface area contributed by atoms with Gasteiger partial charge in [-0.2, -0.15) is 4.98 Å². The lowest BCUT2D eigenvalue weighted by molar-refractivity contribution is -0.158. The Morgan fingerprint density at radius 2 is 1.92 bits per heavy atom. The molecule has 1 aliphatic carbocycles. The van der Waals surface area contributed by atoms with Crippen LogP contribution in [0.15, 0.2) is 24.4 Å². The summed E-state index contributed by atoms with van der Waals surface area (Å²) in [5, 5.41) is 14.1. The van der Waals surface area contributed by atoms with Crippen LogP contribution < -0.4 is 10.2 Å². The lowest BCUT2D eigenvalue weighted by Gasteiger charge is -2.50. The van der Waals surface area contributed by atoms with Crippen LogP contribution in [0.3, 0.4) is 0 Å². The molecule has 2 N–H and O–H groups in total. The van der Waals surface area contributed by atoms with Gasteiger partial charge in [0.1, 0.15) is 5.02 Å². The number of carboxylic acid groups (broad SMARTS) is 1. The minimum absolute atomic E-state index is 0.0533. The zero-order valence-corrected chi connectivity index (χ0v) is 23.4. The third-order valence-electron chi connectivity index (χ3n) is 8.78. The average Bonchev–Trinajstić information content (AvgIpc) is 3.33. The summed E-state index contributed by atoms with van der Waals surface area (Å²) in [6, 6.07) is 6.42. The number of halogens is 2. The fraction of sp³-hybridized carbons (Fsp3) is 0.607. The third-order valence-corrected chi connectivity index (χ3v) is 9.38. The highest BCUT2D eigenvalue weighted by molar-refractivity contribution is 6.33. The summed E-state index contributed by atoms with van der Waals surface area (Å²) in [4.78, 5) is 25.7. The molecule has 200 valence electrons. The summed E-state index contributed by atoms with van der Waals surface area (Å²) < 4.78 is 0. The Hall–Kier alpha value is -2.09. The standard InChI is InChI=1S/C28H37Cl2N5O2/c1-17-6-7-22(23(29)11-17)18(2)32-25-24(30)14-31-27(33-25)35-10-8-20(16-35)19-5-4-9-34(15-19)21-12-28(3,13-21)26(36)37/h6-7,11,14,18-21H,4-5,8-10,12-13,15-16H2,1-3H3,(H,36,37)(H,31,32,33). The Labute approximate surface area is 229 Å². The van der Waals surface area contributed by atoms with Gasteiger partial charge in [-0.25, -0.2) is 4.98 Å². The molecular formula is C28H37Cl2N5O2. The van der Waals surface area contributed by atoms with Crippen molar-refractivity contribution in [3.63, 3.8) is 0 Å². The molecule has 1 aromatic carbocycles. The molecule has 7 nitrogen and oxygen atoms in total. The number of nitrogens with one attached hydrogen (secondary N) is 1. The molecule has 5 rings (SSSR count). The second-order valence-corrected chi connectivity index (χ2v) is 12.4. The van der Waals surface area contributed by atoms with Gasteiger partial charge in [0.15, 0.2) is 5.82 Å². The Balaban J connectivity index is 1.21. The van der Waals surface area contributed by atoms with E-state index in [4.69, 9.17) is 28.2 Å². The van der Waals surface area contributed by atoms with E-state index in [0.717, 1.165) is 61.6 Å². The molecule has 0 amide bonds. The summed E-state index contributed by atoms with van der Waals surface area (Å²) in [6.07, 6.45) is 6.77. The topological polar surface area (TPSA) is 81.6 Å². The predicted molar refractivity (Wildman–Crippen MR) is 149 cm³/mol. The summed E-state index contributed by atoms with van der Waals surface area (Å²) in [6.45, 7) is 9.99. The van der Waals surface area contributed by atoms with Gasteiger partial charge in [-0.3, -0.25) is 4.79 Å². The summed E-state index contributed by atoms with van der Waals surface area (Å²) in [5.74, 6) is 1.89. The fourth-order valence-electron chi connectivity index (χ4n) is 6.40. The van der Waals surface area contributed by atoms with Crippen molar-refractivity contribution >= 4 is 40.9 Å². The Bertz CT molecular complexity index is 1160. The van der Waals surface area contributed by atoms with Gasteiger partial charge < -0.3 is 20.2 Å². The number of carboxylic acids is 1. The molecule has 9 heteroatoms. The molecule has 0 bridgehead atoms. The molecular weight excluding hydrogens is 509 g/mol. The van der Waals surface area contributed by atoms with Crippen LogP contribution in [0.4, 0.5) is 11.8 Å². The molecule has 3 atom stereocenters. The number of aromatic nitrogens is 2. The SMILES string of the molecule is Cc1ccc(C(C)Nc2nc(N3CCC(C4CCCN(C5CC(C)(C(=O)O)C5)C4)C3)ncc2Cl)c(Cl)c1. The molecule has 0 radical (unpaired) electrons. The van der Waals surface area contributed by atoms with E-state index in [2.05, 4.69) is 33.1 Å². The first-order chi connectivity index (χ1) is 17.6. The van der Waals surface area contributed by atoms with Gasteiger partial charge in [-0.15, -0.1) is 0 Å². The van der Waals surface area contributed by atoms with E-state index in [9.17, 15) is 9.90 Å². The molecule has 0 spiro atoms. The third kappa shape index (κ3) is 5.55. The highest BCUT2D eigenvalue weighted by atomic mass is 35.5. The summed E-state index contributed by atoms with van der Waals surface area (Å²) in [5.41, 5.74) is 1.59. The maximum atomic E-state index is 11.5. The minimum atomic E-state index is -0.656. The van der Waals surface area contributed by atoms with Gasteiger partial charge in [-0.1, -0.05) is 35.3 Å². The Morgan fingerprint density at radius 1 is 1.16 bits per heavy atom. The van der Waals surface area contributed by atoms with Crippen LogP contribution in [0, 0.1) is 24.2 Å². The van der Waals surface area contributed by atoms with Crippen LogP contribution in [0.1, 0.15) is 63.1 Å². The summed E-state index contributed by atoms with van der Waals surface area (Å²) >= 11 is 13.0. The Kier molecular flexibility index (Phi) is 7.58.